The van der Waals surface area contributed by atoms with Crippen LogP contribution in [-0.4, -0.2) is 178 Å². The fraction of sp³-hybridized carbons (Fsp3) is 0.490. The summed E-state index contributed by atoms with van der Waals surface area (Å²) in [6, 6.07) is 14.6. The second-order valence-electron chi connectivity index (χ2n) is 20.4. The molecule has 9 heterocycles. The summed E-state index contributed by atoms with van der Waals surface area (Å²) in [5.74, 6) is 0.0915. The molecule has 7 aliphatic heterocycles. The van der Waals surface area contributed by atoms with Crippen LogP contribution in [0, 0.1) is 5.92 Å². The molecule has 20 nitrogen and oxygen atoms in total. The van der Waals surface area contributed by atoms with Crippen LogP contribution in [0.15, 0.2) is 71.0 Å². The summed E-state index contributed by atoms with van der Waals surface area (Å²) in [6.45, 7) is 19.2. The van der Waals surface area contributed by atoms with Crippen LogP contribution < -0.4 is 25.3 Å². The minimum absolute atomic E-state index is 0.0995. The Bertz CT molecular complexity index is 2870. The fourth-order valence-electron chi connectivity index (χ4n) is 11.6. The summed E-state index contributed by atoms with van der Waals surface area (Å²) in [6.07, 6.45) is 4.52. The Labute approximate surface area is 412 Å². The number of likely N-dealkylation sites (tertiary alicyclic amines) is 1. The van der Waals surface area contributed by atoms with Crippen LogP contribution in [0.5, 0.6) is 0 Å². The summed E-state index contributed by atoms with van der Waals surface area (Å²) in [5, 5.41) is 17.6. The number of pyridine rings is 1. The number of nitrogens with one attached hydrogen (secondary N) is 2. The fourth-order valence-corrected chi connectivity index (χ4v) is 11.6. The highest BCUT2D eigenvalue weighted by molar-refractivity contribution is 6.24. The quantitative estimate of drug-likeness (QED) is 0.208. The number of piperidine rings is 2. The molecule has 2 N–H and O–H groups in total. The van der Waals surface area contributed by atoms with E-state index in [0.717, 1.165) is 130 Å². The number of nitrogens with zero attached hydrogens (tertiary/aromatic N) is 13. The highest BCUT2D eigenvalue weighted by Crippen LogP contribution is 2.38. The van der Waals surface area contributed by atoms with Crippen molar-refractivity contribution in [2.24, 2.45) is 10.9 Å². The van der Waals surface area contributed by atoms with E-state index in [-0.39, 0.29) is 24.7 Å². The zero-order valence-corrected chi connectivity index (χ0v) is 40.9. The van der Waals surface area contributed by atoms with Crippen molar-refractivity contribution in [1.29, 1.82) is 0 Å². The van der Waals surface area contributed by atoms with Gasteiger partial charge in [-0.25, -0.2) is 9.67 Å². The number of hydrogen-bond acceptors (Lipinski definition) is 16. The minimum Gasteiger partial charge on any atom is -0.369 e. The zero-order chi connectivity index (χ0) is 49.1. The van der Waals surface area contributed by atoms with E-state index in [1.165, 1.54) is 12.8 Å². The topological polar surface area (TPSA) is 201 Å². The van der Waals surface area contributed by atoms with Crippen molar-refractivity contribution >= 4 is 58.4 Å². The second kappa shape index (κ2) is 18.7. The Morgan fingerprint density at radius 3 is 2.27 bits per heavy atom. The predicted molar refractivity (Wildman–Crippen MR) is 266 cm³/mol. The van der Waals surface area contributed by atoms with Gasteiger partial charge in [-0.15, -0.1) is 0 Å². The number of amides is 5. The molecule has 1 atom stereocenters. The lowest BCUT2D eigenvalue weighted by Crippen LogP contribution is -2.54. The highest BCUT2D eigenvalue weighted by atomic mass is 16.2. The van der Waals surface area contributed by atoms with Gasteiger partial charge >= 0.3 is 0 Å². The molecule has 2 aromatic carbocycles. The predicted octanol–water partition coefficient (Wildman–Crippen LogP) is 2.57. The normalized spacial score (nSPS) is 22.2. The van der Waals surface area contributed by atoms with Crippen LogP contribution in [-0.2, 0) is 26.5 Å². The number of fused-ring (bicyclic) bond motifs is 3. The Hall–Kier alpha value is -6.90. The Morgan fingerprint density at radius 1 is 0.789 bits per heavy atom. The van der Waals surface area contributed by atoms with E-state index in [1.807, 2.05) is 69.2 Å². The number of piperazine rings is 2. The van der Waals surface area contributed by atoms with Gasteiger partial charge in [0.15, 0.2) is 0 Å². The van der Waals surface area contributed by atoms with E-state index in [0.29, 0.717) is 40.8 Å². The van der Waals surface area contributed by atoms with Gasteiger partial charge in [0.2, 0.25) is 17.8 Å². The van der Waals surface area contributed by atoms with Crippen molar-refractivity contribution in [3.8, 4) is 0 Å². The molecule has 0 radical (unpaired) electrons. The SMILES string of the molecule is CC1=C(C(=O)Nc2ccc3c(c2)C(c2ccnc(N4CCN(CCN5CCC(CN6CCN(c7ccc8c(c7)C(=O)N(C7CCC(=O)NC7=O)C8=O)CC6)CC5)CC4)c2)=NC3)C(C)(C)n2nnnc2N1C. The number of imide groups is 2. The summed E-state index contributed by atoms with van der Waals surface area (Å²) in [4.78, 5) is 89.7. The molecule has 0 saturated carbocycles. The minimum atomic E-state index is -0.964. The van der Waals surface area contributed by atoms with Gasteiger partial charge in [-0.1, -0.05) is 11.2 Å². The number of carbonyl (C=O) groups is 5. The van der Waals surface area contributed by atoms with Gasteiger partial charge in [-0.05, 0) is 117 Å². The van der Waals surface area contributed by atoms with Gasteiger partial charge in [0.25, 0.3) is 17.7 Å². The summed E-state index contributed by atoms with van der Waals surface area (Å²) in [7, 11) is 1.86. The van der Waals surface area contributed by atoms with E-state index >= 15 is 0 Å². The molecule has 4 aromatic rings. The lowest BCUT2D eigenvalue weighted by molar-refractivity contribution is -0.136. The lowest BCUT2D eigenvalue weighted by Gasteiger charge is -2.40. The maximum Gasteiger partial charge on any atom is 0.262 e. The van der Waals surface area contributed by atoms with Gasteiger partial charge in [-0.2, -0.15) is 0 Å². The van der Waals surface area contributed by atoms with Gasteiger partial charge < -0.3 is 24.9 Å². The van der Waals surface area contributed by atoms with Crippen LogP contribution in [0.25, 0.3) is 0 Å². The lowest BCUT2D eigenvalue weighted by atomic mass is 9.89. The number of hydrogen-bond donors (Lipinski definition) is 2. The average molecular weight is 964 g/mol. The van der Waals surface area contributed by atoms with Gasteiger partial charge in [0, 0.05) is 120 Å². The van der Waals surface area contributed by atoms with Gasteiger partial charge in [0.1, 0.15) is 11.9 Å². The maximum atomic E-state index is 13.9. The first-order chi connectivity index (χ1) is 34.3. The molecule has 2 aromatic heterocycles. The van der Waals surface area contributed by atoms with Crippen LogP contribution in [0.4, 0.5) is 23.1 Å². The standard InChI is InChI=1S/C51H61N15O5/c1-32-44(51(2,3)66-50(59(32)4)56-57-58-66)47(69)54-36-6-5-35-30-53-45(39(35)28-36)34-11-14-52-42(27-34)64-25-19-61(20-26-64)18-17-60-15-12-33(13-16-60)31-62-21-23-63(24-22-62)37-7-8-38-40(29-37)49(71)65(48(38)70)41-9-10-43(67)55-46(41)68/h5-8,11,14,27-29,33,41H,9-10,12-13,15-26,30-31H2,1-4H3,(H,54,69)(H,55,67,68). The molecule has 0 spiro atoms. The number of rotatable bonds is 11. The third kappa shape index (κ3) is 8.75. The number of aliphatic imine (C=N–C) groups is 1. The van der Waals surface area contributed by atoms with E-state index in [2.05, 4.69) is 56.7 Å². The third-order valence-electron chi connectivity index (χ3n) is 15.8. The molecule has 5 amide bonds. The Morgan fingerprint density at radius 2 is 1.51 bits per heavy atom. The first-order valence-corrected chi connectivity index (χ1v) is 25.0. The Kier molecular flexibility index (Phi) is 12.2. The number of carbonyl (C=O) groups excluding carboxylic acids is 5. The van der Waals surface area contributed by atoms with Crippen molar-refractivity contribution in [3.63, 3.8) is 0 Å². The van der Waals surface area contributed by atoms with Crippen molar-refractivity contribution in [1.82, 2.24) is 50.1 Å². The van der Waals surface area contributed by atoms with Gasteiger partial charge in [-0.3, -0.25) is 49.0 Å². The summed E-state index contributed by atoms with van der Waals surface area (Å²) in [5.41, 5.74) is 6.94. The zero-order valence-electron chi connectivity index (χ0n) is 40.9. The van der Waals surface area contributed by atoms with Crippen LogP contribution in [0.3, 0.4) is 0 Å². The first kappa shape index (κ1) is 46.5. The van der Waals surface area contributed by atoms with E-state index < -0.39 is 29.3 Å². The molecule has 0 aliphatic carbocycles. The first-order valence-electron chi connectivity index (χ1n) is 25.0. The largest absolute Gasteiger partial charge is 0.369 e. The van der Waals surface area contributed by atoms with E-state index in [9.17, 15) is 24.0 Å². The molecule has 1 unspecified atom stereocenters. The molecular weight excluding hydrogens is 903 g/mol. The van der Waals surface area contributed by atoms with Crippen molar-refractivity contribution in [2.45, 2.75) is 64.6 Å². The molecular formula is C51H61N15O5. The van der Waals surface area contributed by atoms with Crippen molar-refractivity contribution < 1.29 is 24.0 Å². The van der Waals surface area contributed by atoms with Crippen LogP contribution in [0.1, 0.15) is 83.9 Å². The number of tetrazole rings is 1. The van der Waals surface area contributed by atoms with Crippen LogP contribution >= 0.6 is 0 Å². The number of benzene rings is 2. The molecule has 11 rings (SSSR count). The smallest absolute Gasteiger partial charge is 0.262 e. The maximum absolute atomic E-state index is 13.9. The number of aromatic nitrogens is 5. The third-order valence-corrected chi connectivity index (χ3v) is 15.8. The van der Waals surface area contributed by atoms with E-state index in [4.69, 9.17) is 9.98 Å². The number of allylic oxidation sites excluding steroid dienone is 1. The van der Waals surface area contributed by atoms with Crippen LogP contribution in [0.2, 0.25) is 0 Å². The summed E-state index contributed by atoms with van der Waals surface area (Å²) < 4.78 is 1.68. The molecule has 4 saturated heterocycles. The second-order valence-corrected chi connectivity index (χ2v) is 20.4. The molecule has 0 bridgehead atoms. The molecule has 7 aliphatic rings. The average Bonchev–Trinajstić information content (AvgIpc) is 4.11. The monoisotopic (exact) mass is 963 g/mol. The van der Waals surface area contributed by atoms with E-state index in [1.54, 1.807) is 16.8 Å². The van der Waals surface area contributed by atoms with Crippen molar-refractivity contribution in [2.75, 3.05) is 112 Å². The molecule has 71 heavy (non-hydrogen) atoms. The van der Waals surface area contributed by atoms with Crippen molar-refractivity contribution in [3.05, 3.63) is 93.8 Å². The summed E-state index contributed by atoms with van der Waals surface area (Å²) >= 11 is 0. The molecule has 4 fully saturated rings. The Balaban J connectivity index is 0.616. The molecule has 370 valence electrons. The van der Waals surface area contributed by atoms with Gasteiger partial charge in [0.05, 0.1) is 34.5 Å². The highest BCUT2D eigenvalue weighted by Gasteiger charge is 2.45. The molecule has 20 heteroatoms. The number of anilines is 4.